The molecule has 0 aliphatic carbocycles. The third-order valence-electron chi connectivity index (χ3n) is 2.93. The van der Waals surface area contributed by atoms with Gasteiger partial charge in [0, 0.05) is 49.3 Å². The SMILES string of the molecule is [Sc].c1ccc2[nH]ccc2c1.c1ccc2[nH]ccc2c1. The van der Waals surface area contributed by atoms with Crippen molar-refractivity contribution in [3.8, 4) is 0 Å². The smallest absolute Gasteiger partial charge is 0.0453 e. The van der Waals surface area contributed by atoms with Gasteiger partial charge in [0.2, 0.25) is 0 Å². The maximum atomic E-state index is 3.12. The summed E-state index contributed by atoms with van der Waals surface area (Å²) in [4.78, 5) is 6.24. The fourth-order valence-corrected chi connectivity index (χ4v) is 1.99. The molecule has 19 heavy (non-hydrogen) atoms. The van der Waals surface area contributed by atoms with Crippen molar-refractivity contribution in [2.45, 2.75) is 0 Å². The molecule has 4 rings (SSSR count). The van der Waals surface area contributed by atoms with E-state index in [2.05, 4.69) is 46.4 Å². The van der Waals surface area contributed by atoms with Gasteiger partial charge >= 0.3 is 0 Å². The molecule has 0 aliphatic rings. The first kappa shape index (κ1) is 13.8. The summed E-state index contributed by atoms with van der Waals surface area (Å²) in [6.45, 7) is 0. The normalized spacial score (nSPS) is 9.68. The standard InChI is InChI=1S/2C8H7N.Sc/c2*1-2-4-8-7(3-1)5-6-9-8;/h2*1-6,9H;. The van der Waals surface area contributed by atoms with E-state index < -0.39 is 0 Å². The molecule has 91 valence electrons. The van der Waals surface area contributed by atoms with E-state index in [9.17, 15) is 0 Å². The van der Waals surface area contributed by atoms with Crippen LogP contribution in [0.3, 0.4) is 0 Å². The number of rotatable bonds is 0. The van der Waals surface area contributed by atoms with Gasteiger partial charge in [0.1, 0.15) is 0 Å². The van der Waals surface area contributed by atoms with Crippen LogP contribution in [0.25, 0.3) is 21.8 Å². The molecule has 0 saturated carbocycles. The van der Waals surface area contributed by atoms with Crippen molar-refractivity contribution in [3.05, 3.63) is 73.1 Å². The third kappa shape index (κ3) is 3.24. The van der Waals surface area contributed by atoms with Gasteiger partial charge in [-0.25, -0.2) is 0 Å². The quantitative estimate of drug-likeness (QED) is 0.480. The van der Waals surface area contributed by atoms with E-state index in [1.54, 1.807) is 0 Å². The molecule has 0 atom stereocenters. The molecule has 1 radical (unpaired) electrons. The predicted octanol–water partition coefficient (Wildman–Crippen LogP) is 4.33. The maximum absolute atomic E-state index is 3.12. The van der Waals surface area contributed by atoms with Gasteiger partial charge in [-0.15, -0.1) is 0 Å². The predicted molar refractivity (Wildman–Crippen MR) is 76.6 cm³/mol. The van der Waals surface area contributed by atoms with Crippen molar-refractivity contribution < 1.29 is 25.8 Å². The van der Waals surface area contributed by atoms with E-state index in [1.807, 2.05) is 36.7 Å². The minimum absolute atomic E-state index is 0. The van der Waals surface area contributed by atoms with Gasteiger partial charge in [0.15, 0.2) is 0 Å². The topological polar surface area (TPSA) is 31.6 Å². The van der Waals surface area contributed by atoms with Crippen molar-refractivity contribution >= 4 is 21.8 Å². The zero-order valence-electron chi connectivity index (χ0n) is 10.5. The average molecular weight is 279 g/mol. The van der Waals surface area contributed by atoms with Crippen LogP contribution in [0, 0.1) is 0 Å². The molecule has 2 nitrogen and oxygen atoms in total. The molecular formula is C16H14N2Sc. The van der Waals surface area contributed by atoms with Crippen molar-refractivity contribution in [2.24, 2.45) is 0 Å². The van der Waals surface area contributed by atoms with Crippen LogP contribution in [0.5, 0.6) is 0 Å². The second-order valence-electron chi connectivity index (χ2n) is 4.13. The Hall–Kier alpha value is -1.61. The summed E-state index contributed by atoms with van der Waals surface area (Å²) in [5.74, 6) is 0. The summed E-state index contributed by atoms with van der Waals surface area (Å²) in [6.07, 6.45) is 3.90. The first-order valence-corrected chi connectivity index (χ1v) is 5.98. The number of benzene rings is 2. The van der Waals surface area contributed by atoms with E-state index >= 15 is 0 Å². The van der Waals surface area contributed by atoms with E-state index in [-0.39, 0.29) is 25.8 Å². The summed E-state index contributed by atoms with van der Waals surface area (Å²) < 4.78 is 0. The van der Waals surface area contributed by atoms with Crippen LogP contribution in [0.4, 0.5) is 0 Å². The molecule has 0 amide bonds. The maximum Gasteiger partial charge on any atom is 0.0453 e. The zero-order chi connectivity index (χ0) is 12.2. The van der Waals surface area contributed by atoms with Gasteiger partial charge in [-0.05, 0) is 35.0 Å². The molecule has 2 aromatic heterocycles. The first-order valence-electron chi connectivity index (χ1n) is 5.98. The summed E-state index contributed by atoms with van der Waals surface area (Å²) in [6, 6.07) is 20.6. The first-order chi connectivity index (χ1) is 8.93. The number of H-pyrrole nitrogens is 2. The molecule has 2 aromatic carbocycles. The van der Waals surface area contributed by atoms with Crippen LogP contribution < -0.4 is 0 Å². The van der Waals surface area contributed by atoms with Crippen LogP contribution in [-0.2, 0) is 25.8 Å². The minimum Gasteiger partial charge on any atom is -0.361 e. The largest absolute Gasteiger partial charge is 0.361 e. The van der Waals surface area contributed by atoms with Crippen LogP contribution in [0.2, 0.25) is 0 Å². The molecule has 2 heterocycles. The number of fused-ring (bicyclic) bond motifs is 2. The van der Waals surface area contributed by atoms with Gasteiger partial charge in [0.25, 0.3) is 0 Å². The Morgan fingerprint density at radius 1 is 0.526 bits per heavy atom. The van der Waals surface area contributed by atoms with E-state index in [1.165, 1.54) is 21.8 Å². The Morgan fingerprint density at radius 2 is 0.947 bits per heavy atom. The minimum atomic E-state index is 0. The van der Waals surface area contributed by atoms with Crippen molar-refractivity contribution in [1.82, 2.24) is 9.97 Å². The van der Waals surface area contributed by atoms with Gasteiger partial charge in [0.05, 0.1) is 0 Å². The zero-order valence-corrected chi connectivity index (χ0v) is 12.3. The molecule has 0 unspecified atom stereocenters. The Bertz CT molecular complexity index is 629. The summed E-state index contributed by atoms with van der Waals surface area (Å²) in [5, 5.41) is 2.55. The van der Waals surface area contributed by atoms with E-state index in [0.717, 1.165) is 0 Å². The number of para-hydroxylation sites is 2. The van der Waals surface area contributed by atoms with Crippen LogP contribution >= 0.6 is 0 Å². The molecule has 0 saturated heterocycles. The van der Waals surface area contributed by atoms with Gasteiger partial charge in [-0.3, -0.25) is 0 Å². The Balaban J connectivity index is 0.000000133. The molecule has 3 heteroatoms. The number of nitrogens with one attached hydrogen (secondary N) is 2. The van der Waals surface area contributed by atoms with E-state index in [4.69, 9.17) is 0 Å². The van der Waals surface area contributed by atoms with Gasteiger partial charge in [-0.2, -0.15) is 0 Å². The molecule has 2 N–H and O–H groups in total. The third-order valence-corrected chi connectivity index (χ3v) is 2.93. The molecule has 0 bridgehead atoms. The molecule has 0 aliphatic heterocycles. The Kier molecular flexibility index (Phi) is 4.74. The van der Waals surface area contributed by atoms with Crippen molar-refractivity contribution in [2.75, 3.05) is 0 Å². The fraction of sp³-hybridized carbons (Fsp3) is 0. The molecule has 4 aromatic rings. The number of aromatic nitrogens is 2. The van der Waals surface area contributed by atoms with Crippen molar-refractivity contribution in [3.63, 3.8) is 0 Å². The molecular weight excluding hydrogens is 265 g/mol. The molecule has 0 spiro atoms. The number of aromatic amines is 2. The molecule has 0 fully saturated rings. The fourth-order valence-electron chi connectivity index (χ4n) is 1.99. The van der Waals surface area contributed by atoms with Crippen LogP contribution in [-0.4, -0.2) is 9.97 Å². The number of hydrogen-bond acceptors (Lipinski definition) is 0. The van der Waals surface area contributed by atoms with Crippen LogP contribution in [0.15, 0.2) is 73.1 Å². The monoisotopic (exact) mass is 279 g/mol. The van der Waals surface area contributed by atoms with Gasteiger partial charge < -0.3 is 9.97 Å². The van der Waals surface area contributed by atoms with Crippen molar-refractivity contribution in [1.29, 1.82) is 0 Å². The second kappa shape index (κ2) is 6.53. The average Bonchev–Trinajstić information content (AvgIpc) is 3.08. The van der Waals surface area contributed by atoms with E-state index in [0.29, 0.717) is 0 Å². The second-order valence-corrected chi connectivity index (χ2v) is 4.13. The summed E-state index contributed by atoms with van der Waals surface area (Å²) in [7, 11) is 0. The number of hydrogen-bond donors (Lipinski definition) is 2. The Labute approximate surface area is 130 Å². The summed E-state index contributed by atoms with van der Waals surface area (Å²) in [5.41, 5.74) is 2.41. The summed E-state index contributed by atoms with van der Waals surface area (Å²) >= 11 is 0. The van der Waals surface area contributed by atoms with Gasteiger partial charge in [-0.1, -0.05) is 36.4 Å². The van der Waals surface area contributed by atoms with Crippen LogP contribution in [0.1, 0.15) is 0 Å². The Morgan fingerprint density at radius 3 is 1.37 bits per heavy atom.